The lowest BCUT2D eigenvalue weighted by Crippen LogP contribution is -2.54. The van der Waals surface area contributed by atoms with E-state index in [1.807, 2.05) is 19.1 Å². The van der Waals surface area contributed by atoms with E-state index in [-0.39, 0.29) is 5.57 Å². The van der Waals surface area contributed by atoms with E-state index in [1.165, 1.54) is 16.8 Å². The number of benzene rings is 2. The number of aryl methyl sites for hydroxylation is 3. The van der Waals surface area contributed by atoms with Crippen molar-refractivity contribution >= 4 is 35.3 Å². The minimum absolute atomic E-state index is 0.0199. The smallest absolute Gasteiger partial charge is 0.335 e. The summed E-state index contributed by atoms with van der Waals surface area (Å²) in [6.45, 7) is 4.01. The summed E-state index contributed by atoms with van der Waals surface area (Å²) in [6.07, 6.45) is 5.86. The second-order valence-electron chi connectivity index (χ2n) is 8.13. The molecule has 0 unspecified atom stereocenters. The Bertz CT molecular complexity index is 1090. The van der Waals surface area contributed by atoms with Gasteiger partial charge in [0.05, 0.1) is 5.69 Å². The largest absolute Gasteiger partial charge is 0.371 e. The number of hydrogen-bond acceptors (Lipinski definition) is 4. The van der Waals surface area contributed by atoms with Gasteiger partial charge in [0.1, 0.15) is 5.57 Å². The molecule has 6 nitrogen and oxygen atoms in total. The molecule has 0 atom stereocenters. The van der Waals surface area contributed by atoms with Crippen LogP contribution in [0, 0.1) is 6.92 Å². The Balaban J connectivity index is 1.56. The highest BCUT2D eigenvalue weighted by Gasteiger charge is 2.37. The molecule has 3 aliphatic rings. The number of nitrogens with one attached hydrogen (secondary N) is 1. The number of carbonyl (C=O) groups excluding carboxylic acids is 3. The average Bonchev–Trinajstić information content (AvgIpc) is 2.73. The highest BCUT2D eigenvalue weighted by Crippen LogP contribution is 2.36. The third-order valence-corrected chi connectivity index (χ3v) is 6.12. The molecule has 0 aromatic heterocycles. The molecule has 3 aliphatic heterocycles. The van der Waals surface area contributed by atoms with Crippen molar-refractivity contribution in [2.24, 2.45) is 0 Å². The van der Waals surface area contributed by atoms with E-state index in [0.717, 1.165) is 54.8 Å². The van der Waals surface area contributed by atoms with Gasteiger partial charge in [0, 0.05) is 18.8 Å². The molecule has 5 rings (SSSR count). The van der Waals surface area contributed by atoms with Crippen LogP contribution in [-0.2, 0) is 22.4 Å². The van der Waals surface area contributed by atoms with Crippen molar-refractivity contribution in [1.29, 1.82) is 0 Å². The maximum atomic E-state index is 13.2. The fraction of sp³-hybridized carbons (Fsp3) is 0.292. The number of para-hydroxylation sites is 1. The van der Waals surface area contributed by atoms with Gasteiger partial charge in [-0.05, 0) is 79.1 Å². The lowest BCUT2D eigenvalue weighted by atomic mass is 9.89. The minimum Gasteiger partial charge on any atom is -0.371 e. The number of hydrogen-bond donors (Lipinski definition) is 1. The van der Waals surface area contributed by atoms with Crippen molar-refractivity contribution in [2.45, 2.75) is 32.6 Å². The van der Waals surface area contributed by atoms with Crippen LogP contribution in [0.1, 0.15) is 35.1 Å². The molecule has 1 N–H and O–H groups in total. The second kappa shape index (κ2) is 7.13. The van der Waals surface area contributed by atoms with Crippen LogP contribution in [0.15, 0.2) is 42.0 Å². The van der Waals surface area contributed by atoms with Gasteiger partial charge in [-0.2, -0.15) is 0 Å². The summed E-state index contributed by atoms with van der Waals surface area (Å²) in [6, 6.07) is 10.6. The van der Waals surface area contributed by atoms with Crippen molar-refractivity contribution in [2.75, 3.05) is 22.9 Å². The van der Waals surface area contributed by atoms with Crippen molar-refractivity contribution in [3.8, 4) is 0 Å². The Morgan fingerprint density at radius 2 is 1.63 bits per heavy atom. The van der Waals surface area contributed by atoms with Gasteiger partial charge in [0.25, 0.3) is 11.8 Å². The molecule has 2 aromatic rings. The van der Waals surface area contributed by atoms with Crippen LogP contribution in [-0.4, -0.2) is 30.9 Å². The van der Waals surface area contributed by atoms with Crippen molar-refractivity contribution in [3.63, 3.8) is 0 Å². The summed E-state index contributed by atoms with van der Waals surface area (Å²) < 4.78 is 0. The molecule has 6 heteroatoms. The summed E-state index contributed by atoms with van der Waals surface area (Å²) in [5, 5.41) is 2.32. The quantitative estimate of drug-likeness (QED) is 0.619. The number of carbonyl (C=O) groups is 3. The number of amides is 4. The molecule has 0 saturated carbocycles. The Morgan fingerprint density at radius 3 is 2.30 bits per heavy atom. The van der Waals surface area contributed by atoms with Crippen molar-refractivity contribution < 1.29 is 14.4 Å². The molecule has 4 amide bonds. The summed E-state index contributed by atoms with van der Waals surface area (Å²) >= 11 is 0. The molecule has 0 aliphatic carbocycles. The first-order valence-corrected chi connectivity index (χ1v) is 10.4. The molecular weight excluding hydrogens is 378 g/mol. The monoisotopic (exact) mass is 401 g/mol. The second-order valence-corrected chi connectivity index (χ2v) is 8.13. The van der Waals surface area contributed by atoms with Crippen molar-refractivity contribution in [3.05, 3.63) is 64.2 Å². The van der Waals surface area contributed by atoms with Gasteiger partial charge >= 0.3 is 6.03 Å². The van der Waals surface area contributed by atoms with Gasteiger partial charge in [-0.1, -0.05) is 18.2 Å². The van der Waals surface area contributed by atoms with Gasteiger partial charge < -0.3 is 4.90 Å². The van der Waals surface area contributed by atoms with Gasteiger partial charge in [-0.15, -0.1) is 0 Å². The third kappa shape index (κ3) is 3.00. The Kier molecular flexibility index (Phi) is 4.42. The molecule has 30 heavy (non-hydrogen) atoms. The summed E-state index contributed by atoms with van der Waals surface area (Å²) in [7, 11) is 0. The number of imide groups is 2. The van der Waals surface area contributed by atoms with E-state index >= 15 is 0 Å². The predicted octanol–water partition coefficient (Wildman–Crippen LogP) is 3.36. The third-order valence-electron chi connectivity index (χ3n) is 6.12. The van der Waals surface area contributed by atoms with E-state index in [9.17, 15) is 14.4 Å². The van der Waals surface area contributed by atoms with E-state index in [2.05, 4.69) is 22.3 Å². The molecule has 0 spiro atoms. The first-order valence-electron chi connectivity index (χ1n) is 10.4. The zero-order valence-corrected chi connectivity index (χ0v) is 16.9. The average molecular weight is 401 g/mol. The fourth-order valence-electron chi connectivity index (χ4n) is 4.77. The lowest BCUT2D eigenvalue weighted by molar-refractivity contribution is -0.122. The van der Waals surface area contributed by atoms with Crippen molar-refractivity contribution in [1.82, 2.24) is 5.32 Å². The molecule has 1 fully saturated rings. The minimum atomic E-state index is -0.715. The lowest BCUT2D eigenvalue weighted by Gasteiger charge is -2.37. The molecule has 0 bridgehead atoms. The highest BCUT2D eigenvalue weighted by molar-refractivity contribution is 6.39. The standard InChI is InChI=1S/C24H23N3O3/c1-15-6-2-3-9-20(15)27-23(29)19(22(28)25-24(27)30)14-16-12-17-7-4-10-26-11-5-8-18(13-16)21(17)26/h2-3,6,9,12-14H,4-5,7-8,10-11H2,1H3,(H,25,28,30)/b19-14+. The van der Waals surface area contributed by atoms with Crippen LogP contribution in [0.4, 0.5) is 16.2 Å². The van der Waals surface area contributed by atoms with Gasteiger partial charge in [-0.25, -0.2) is 9.69 Å². The first-order chi connectivity index (χ1) is 14.5. The van der Waals surface area contributed by atoms with E-state index in [4.69, 9.17) is 0 Å². The Labute approximate surface area is 175 Å². The number of nitrogens with zero attached hydrogens (tertiary/aromatic N) is 2. The summed E-state index contributed by atoms with van der Waals surface area (Å²) in [5.41, 5.74) is 5.98. The van der Waals surface area contributed by atoms with Gasteiger partial charge in [0.15, 0.2) is 0 Å². The topological polar surface area (TPSA) is 69.7 Å². The zero-order valence-electron chi connectivity index (χ0n) is 16.9. The molecule has 1 saturated heterocycles. The van der Waals surface area contributed by atoms with Crippen LogP contribution in [0.5, 0.6) is 0 Å². The highest BCUT2D eigenvalue weighted by atomic mass is 16.2. The van der Waals surface area contributed by atoms with E-state index in [1.54, 1.807) is 18.2 Å². The van der Waals surface area contributed by atoms with Crippen LogP contribution < -0.4 is 15.1 Å². The molecule has 0 radical (unpaired) electrons. The molecule has 152 valence electrons. The molecular formula is C24H23N3O3. The normalized spacial score (nSPS) is 19.8. The Hall–Kier alpha value is -3.41. The first kappa shape index (κ1) is 18.6. The summed E-state index contributed by atoms with van der Waals surface area (Å²) in [5.74, 6) is -1.24. The number of urea groups is 1. The summed E-state index contributed by atoms with van der Waals surface area (Å²) in [4.78, 5) is 41.6. The van der Waals surface area contributed by atoms with Crippen LogP contribution >= 0.6 is 0 Å². The SMILES string of the molecule is Cc1ccccc1N1C(=O)NC(=O)/C(=C\c2cc3c4c(c2)CCCN4CCC3)C1=O. The maximum absolute atomic E-state index is 13.2. The van der Waals surface area contributed by atoms with Crippen LogP contribution in [0.2, 0.25) is 0 Å². The molecule has 3 heterocycles. The van der Waals surface area contributed by atoms with E-state index in [0.29, 0.717) is 5.69 Å². The van der Waals surface area contributed by atoms with Gasteiger partial charge in [-0.3, -0.25) is 14.9 Å². The number of anilines is 2. The van der Waals surface area contributed by atoms with Crippen LogP contribution in [0.25, 0.3) is 6.08 Å². The molecule has 2 aromatic carbocycles. The Morgan fingerprint density at radius 1 is 0.967 bits per heavy atom. The number of rotatable bonds is 2. The maximum Gasteiger partial charge on any atom is 0.335 e. The van der Waals surface area contributed by atoms with E-state index < -0.39 is 17.8 Å². The fourth-order valence-corrected chi connectivity index (χ4v) is 4.77. The zero-order chi connectivity index (χ0) is 20.8. The van der Waals surface area contributed by atoms with Gasteiger partial charge in [0.2, 0.25) is 0 Å². The predicted molar refractivity (Wildman–Crippen MR) is 115 cm³/mol. The number of barbiturate groups is 1. The van der Waals surface area contributed by atoms with Crippen LogP contribution in [0.3, 0.4) is 0 Å².